The van der Waals surface area contributed by atoms with Gasteiger partial charge in [0, 0.05) is 24.7 Å². The van der Waals surface area contributed by atoms with E-state index in [9.17, 15) is 4.79 Å². The molecular formula is C18H21ClN2O2. The number of hydrogen-bond donors (Lipinski definition) is 2. The zero-order valence-corrected chi connectivity index (χ0v) is 13.6. The van der Waals surface area contributed by atoms with E-state index < -0.39 is 12.0 Å². The molecule has 0 aromatic heterocycles. The van der Waals surface area contributed by atoms with Crippen molar-refractivity contribution in [2.24, 2.45) is 5.73 Å². The smallest absolute Gasteiger partial charge is 0.320 e. The van der Waals surface area contributed by atoms with Crippen molar-refractivity contribution in [2.75, 3.05) is 17.3 Å². The summed E-state index contributed by atoms with van der Waals surface area (Å²) < 4.78 is 0. The number of nitrogens with zero attached hydrogens (tertiary/aromatic N) is 1. The zero-order chi connectivity index (χ0) is 16.7. The van der Waals surface area contributed by atoms with Crippen LogP contribution in [-0.2, 0) is 17.8 Å². The summed E-state index contributed by atoms with van der Waals surface area (Å²) in [5.41, 5.74) is 8.75. The molecule has 0 saturated heterocycles. The van der Waals surface area contributed by atoms with Crippen molar-refractivity contribution in [1.82, 2.24) is 0 Å². The van der Waals surface area contributed by atoms with Crippen LogP contribution in [0.2, 0.25) is 0 Å². The monoisotopic (exact) mass is 332 g/mol. The molecule has 0 spiro atoms. The molecule has 1 atom stereocenters. The highest BCUT2D eigenvalue weighted by molar-refractivity contribution is 6.18. The number of alkyl halides is 1. The number of anilines is 1. The first-order chi connectivity index (χ1) is 11.1. The number of carbonyl (C=O) groups is 1. The minimum Gasteiger partial charge on any atom is -0.480 e. The third kappa shape index (κ3) is 5.27. The fraction of sp³-hybridized carbons (Fsp3) is 0.278. The third-order valence-corrected chi connectivity index (χ3v) is 3.81. The second-order valence-corrected chi connectivity index (χ2v) is 5.79. The zero-order valence-electron chi connectivity index (χ0n) is 12.9. The lowest BCUT2D eigenvalue weighted by Crippen LogP contribution is -2.32. The number of hydrogen-bond acceptors (Lipinski definition) is 3. The molecule has 0 aliphatic carbocycles. The van der Waals surface area contributed by atoms with Gasteiger partial charge in [-0.15, -0.1) is 11.6 Å². The van der Waals surface area contributed by atoms with Crippen molar-refractivity contribution >= 4 is 23.3 Å². The van der Waals surface area contributed by atoms with E-state index in [0.717, 1.165) is 24.3 Å². The van der Waals surface area contributed by atoms with E-state index in [0.29, 0.717) is 12.3 Å². The lowest BCUT2D eigenvalue weighted by atomic mass is 10.1. The summed E-state index contributed by atoms with van der Waals surface area (Å²) in [5.74, 6) is -0.444. The molecule has 0 heterocycles. The van der Waals surface area contributed by atoms with E-state index in [2.05, 4.69) is 17.0 Å². The number of benzene rings is 2. The number of halogens is 1. The van der Waals surface area contributed by atoms with Gasteiger partial charge in [-0.2, -0.15) is 0 Å². The molecule has 0 aliphatic rings. The second-order valence-electron chi connectivity index (χ2n) is 5.41. The quantitative estimate of drug-likeness (QED) is 0.729. The summed E-state index contributed by atoms with van der Waals surface area (Å²) in [6.45, 7) is 1.52. The molecule has 0 amide bonds. The molecule has 0 saturated carbocycles. The van der Waals surface area contributed by atoms with Crippen LogP contribution in [0.15, 0.2) is 54.6 Å². The number of carboxylic acid groups (broad SMARTS) is 1. The van der Waals surface area contributed by atoms with Crippen molar-refractivity contribution in [3.63, 3.8) is 0 Å². The van der Waals surface area contributed by atoms with Crippen molar-refractivity contribution in [3.05, 3.63) is 65.7 Å². The van der Waals surface area contributed by atoms with E-state index in [-0.39, 0.29) is 0 Å². The summed E-state index contributed by atoms with van der Waals surface area (Å²) in [4.78, 5) is 13.0. The number of aliphatic carboxylic acids is 1. The van der Waals surface area contributed by atoms with Crippen LogP contribution in [0.25, 0.3) is 0 Å². The van der Waals surface area contributed by atoms with Crippen LogP contribution in [0, 0.1) is 0 Å². The largest absolute Gasteiger partial charge is 0.480 e. The average Bonchev–Trinajstić information content (AvgIpc) is 2.56. The minimum absolute atomic E-state index is 0.323. The van der Waals surface area contributed by atoms with Crippen LogP contribution < -0.4 is 10.6 Å². The molecule has 0 fully saturated rings. The maximum atomic E-state index is 10.8. The first-order valence-corrected chi connectivity index (χ1v) is 8.05. The van der Waals surface area contributed by atoms with Crippen LogP contribution in [0.3, 0.4) is 0 Å². The lowest BCUT2D eigenvalue weighted by molar-refractivity contribution is -0.138. The minimum atomic E-state index is -0.984. The van der Waals surface area contributed by atoms with E-state index in [1.807, 2.05) is 42.5 Å². The predicted molar refractivity (Wildman–Crippen MR) is 94.0 cm³/mol. The van der Waals surface area contributed by atoms with E-state index >= 15 is 0 Å². The van der Waals surface area contributed by atoms with Gasteiger partial charge >= 0.3 is 5.97 Å². The summed E-state index contributed by atoms with van der Waals surface area (Å²) in [6, 6.07) is 17.1. The van der Waals surface area contributed by atoms with Crippen LogP contribution in [-0.4, -0.2) is 29.5 Å². The molecule has 2 rings (SSSR count). The van der Waals surface area contributed by atoms with E-state index in [4.69, 9.17) is 22.4 Å². The molecule has 0 aliphatic heterocycles. The first kappa shape index (κ1) is 17.3. The average molecular weight is 333 g/mol. The normalized spacial score (nSPS) is 11.9. The standard InChI is InChI=1S/C18H21ClN2O2/c19-10-11-21(13-15-4-2-1-3-5-15)16-8-6-14(7-9-16)12-17(20)18(22)23/h1-9,17H,10-13,20H2,(H,22,23)/t17-/m0/s1. The molecular weight excluding hydrogens is 312 g/mol. The number of nitrogens with two attached hydrogens (primary N) is 1. The Morgan fingerprint density at radius 3 is 2.30 bits per heavy atom. The summed E-state index contributed by atoms with van der Waals surface area (Å²) in [7, 11) is 0. The van der Waals surface area contributed by atoms with Gasteiger partial charge in [0.15, 0.2) is 0 Å². The third-order valence-electron chi connectivity index (χ3n) is 3.64. The number of rotatable bonds is 8. The van der Waals surface area contributed by atoms with Gasteiger partial charge in [-0.3, -0.25) is 4.79 Å². The van der Waals surface area contributed by atoms with Crippen LogP contribution >= 0.6 is 11.6 Å². The maximum Gasteiger partial charge on any atom is 0.320 e. The Balaban J connectivity index is 2.08. The van der Waals surface area contributed by atoms with Crippen LogP contribution in [0.1, 0.15) is 11.1 Å². The number of carboxylic acids is 1. The Morgan fingerprint density at radius 2 is 1.74 bits per heavy atom. The first-order valence-electron chi connectivity index (χ1n) is 7.52. The molecule has 0 bridgehead atoms. The predicted octanol–water partition coefficient (Wildman–Crippen LogP) is 2.89. The molecule has 4 nitrogen and oxygen atoms in total. The Morgan fingerprint density at radius 1 is 1.09 bits per heavy atom. The molecule has 2 aromatic rings. The Hall–Kier alpha value is -2.04. The maximum absolute atomic E-state index is 10.8. The van der Waals surface area contributed by atoms with Crippen molar-refractivity contribution in [3.8, 4) is 0 Å². The molecule has 0 radical (unpaired) electrons. The van der Waals surface area contributed by atoms with Gasteiger partial charge in [-0.25, -0.2) is 0 Å². The van der Waals surface area contributed by atoms with Gasteiger partial charge in [0.25, 0.3) is 0 Å². The van der Waals surface area contributed by atoms with Crippen LogP contribution in [0.5, 0.6) is 0 Å². The molecule has 122 valence electrons. The summed E-state index contributed by atoms with van der Waals surface area (Å²) >= 11 is 5.92. The highest BCUT2D eigenvalue weighted by Gasteiger charge is 2.12. The fourth-order valence-electron chi connectivity index (χ4n) is 2.39. The highest BCUT2D eigenvalue weighted by atomic mass is 35.5. The lowest BCUT2D eigenvalue weighted by Gasteiger charge is -2.24. The van der Waals surface area contributed by atoms with Gasteiger partial charge in [-0.05, 0) is 29.7 Å². The molecule has 0 unspecified atom stereocenters. The van der Waals surface area contributed by atoms with Crippen LogP contribution in [0.4, 0.5) is 5.69 Å². The van der Waals surface area contributed by atoms with E-state index in [1.165, 1.54) is 5.56 Å². The summed E-state index contributed by atoms with van der Waals surface area (Å²) in [5, 5.41) is 8.87. The van der Waals surface area contributed by atoms with Crippen molar-refractivity contribution in [1.29, 1.82) is 0 Å². The van der Waals surface area contributed by atoms with E-state index in [1.54, 1.807) is 0 Å². The Kier molecular flexibility index (Phi) is 6.44. The Labute approximate surface area is 141 Å². The molecule has 5 heteroatoms. The highest BCUT2D eigenvalue weighted by Crippen LogP contribution is 2.19. The topological polar surface area (TPSA) is 66.6 Å². The Bertz CT molecular complexity index is 617. The van der Waals surface area contributed by atoms with Gasteiger partial charge < -0.3 is 15.7 Å². The summed E-state index contributed by atoms with van der Waals surface area (Å²) in [6.07, 6.45) is 0.323. The van der Waals surface area contributed by atoms with Crippen molar-refractivity contribution in [2.45, 2.75) is 19.0 Å². The molecule has 23 heavy (non-hydrogen) atoms. The molecule has 3 N–H and O–H groups in total. The van der Waals surface area contributed by atoms with Gasteiger partial charge in [-0.1, -0.05) is 42.5 Å². The fourth-order valence-corrected chi connectivity index (χ4v) is 2.59. The van der Waals surface area contributed by atoms with Crippen molar-refractivity contribution < 1.29 is 9.90 Å². The van der Waals surface area contributed by atoms with Gasteiger partial charge in [0.05, 0.1) is 0 Å². The SMILES string of the molecule is N[C@@H](Cc1ccc(N(CCCl)Cc2ccccc2)cc1)C(=O)O. The second kappa shape index (κ2) is 8.56. The van der Waals surface area contributed by atoms with Gasteiger partial charge in [0.2, 0.25) is 0 Å². The molecule has 2 aromatic carbocycles. The van der Waals surface area contributed by atoms with Gasteiger partial charge in [0.1, 0.15) is 6.04 Å².